The lowest BCUT2D eigenvalue weighted by atomic mass is 9.77. The van der Waals surface area contributed by atoms with Crippen molar-refractivity contribution >= 4 is 11.7 Å². The van der Waals surface area contributed by atoms with Crippen molar-refractivity contribution in [2.45, 2.75) is 50.7 Å². The summed E-state index contributed by atoms with van der Waals surface area (Å²) in [5.41, 5.74) is 0.901. The molecule has 5 nitrogen and oxygen atoms in total. The summed E-state index contributed by atoms with van der Waals surface area (Å²) in [5, 5.41) is 2.93. The molecular weight excluding hydrogens is 316 g/mol. The molecule has 0 spiro atoms. The molecule has 1 aromatic rings. The smallest absolute Gasteiger partial charge is 0.221 e. The maximum atomic E-state index is 12.6. The highest BCUT2D eigenvalue weighted by molar-refractivity contribution is 5.92. The van der Waals surface area contributed by atoms with Crippen molar-refractivity contribution in [3.63, 3.8) is 0 Å². The van der Waals surface area contributed by atoms with Gasteiger partial charge in [-0.1, -0.05) is 44.2 Å². The van der Waals surface area contributed by atoms with E-state index in [1.807, 2.05) is 32.3 Å². The summed E-state index contributed by atoms with van der Waals surface area (Å²) in [7, 11) is 3.97. The Kier molecular flexibility index (Phi) is 6.73. The highest BCUT2D eigenvalue weighted by Crippen LogP contribution is 2.31. The second kappa shape index (κ2) is 8.59. The van der Waals surface area contributed by atoms with Crippen LogP contribution in [0.3, 0.4) is 0 Å². The molecule has 1 aliphatic rings. The zero-order valence-electron chi connectivity index (χ0n) is 15.7. The van der Waals surface area contributed by atoms with Gasteiger partial charge in [0.15, 0.2) is 5.78 Å². The number of rotatable bonds is 8. The fraction of sp³-hybridized carbons (Fsp3) is 0.600. The lowest BCUT2D eigenvalue weighted by Gasteiger charge is -2.29. The average Bonchev–Trinajstić information content (AvgIpc) is 2.93. The number of Topliss-reactive ketones (excluding diaryl/α,β-unsaturated/α-hetero) is 1. The van der Waals surface area contributed by atoms with E-state index in [-0.39, 0.29) is 29.8 Å². The molecule has 0 aromatic heterocycles. The minimum atomic E-state index is -0.524. The van der Waals surface area contributed by atoms with E-state index in [2.05, 4.69) is 36.2 Å². The Morgan fingerprint density at radius 1 is 1.32 bits per heavy atom. The van der Waals surface area contributed by atoms with Gasteiger partial charge in [-0.15, -0.1) is 0 Å². The van der Waals surface area contributed by atoms with Crippen molar-refractivity contribution in [1.82, 2.24) is 10.2 Å². The van der Waals surface area contributed by atoms with Crippen LogP contribution in [0.4, 0.5) is 0 Å². The minimum Gasteiger partial charge on any atom is -0.368 e. The zero-order valence-corrected chi connectivity index (χ0v) is 15.7. The van der Waals surface area contributed by atoms with Crippen LogP contribution in [0, 0.1) is 0 Å². The summed E-state index contributed by atoms with van der Waals surface area (Å²) in [5.74, 6) is -0.123. The number of hydrogen-bond donors (Lipinski definition) is 1. The average molecular weight is 346 g/mol. The highest BCUT2D eigenvalue weighted by atomic mass is 16.5. The second-order valence-electron chi connectivity index (χ2n) is 7.41. The van der Waals surface area contributed by atoms with Crippen molar-refractivity contribution in [3.05, 3.63) is 35.9 Å². The standard InChI is InChI=1S/C20H30N2O3/c1-5-20(2,15-9-7-6-8-10-15)13-18(24)21-19-16(23)14-25-17(19)11-12-22(3)4/h6-10,17,19H,5,11-14H2,1-4H3,(H,21,24). The van der Waals surface area contributed by atoms with E-state index in [0.29, 0.717) is 6.42 Å². The van der Waals surface area contributed by atoms with Gasteiger partial charge in [0.2, 0.25) is 5.91 Å². The van der Waals surface area contributed by atoms with E-state index in [0.717, 1.165) is 24.9 Å². The molecule has 2 rings (SSSR count). The maximum absolute atomic E-state index is 12.6. The zero-order chi connectivity index (χ0) is 18.4. The van der Waals surface area contributed by atoms with Crippen LogP contribution in [-0.4, -0.2) is 56.0 Å². The number of ketones is 1. The highest BCUT2D eigenvalue weighted by Gasteiger charge is 2.38. The molecule has 3 atom stereocenters. The van der Waals surface area contributed by atoms with E-state index in [9.17, 15) is 9.59 Å². The predicted octanol–water partition coefficient (Wildman–Crippen LogP) is 2.15. The molecule has 1 amide bonds. The van der Waals surface area contributed by atoms with Gasteiger partial charge in [-0.25, -0.2) is 0 Å². The van der Waals surface area contributed by atoms with Crippen molar-refractivity contribution in [1.29, 1.82) is 0 Å². The van der Waals surface area contributed by atoms with Crippen LogP contribution >= 0.6 is 0 Å². The molecule has 0 aliphatic carbocycles. The van der Waals surface area contributed by atoms with Crippen LogP contribution < -0.4 is 5.32 Å². The largest absolute Gasteiger partial charge is 0.368 e. The Morgan fingerprint density at radius 3 is 2.60 bits per heavy atom. The molecule has 0 radical (unpaired) electrons. The van der Waals surface area contributed by atoms with Gasteiger partial charge in [-0.3, -0.25) is 9.59 Å². The first-order valence-corrected chi connectivity index (χ1v) is 8.99. The van der Waals surface area contributed by atoms with Crippen LogP contribution in [0.1, 0.15) is 38.7 Å². The van der Waals surface area contributed by atoms with Gasteiger partial charge >= 0.3 is 0 Å². The van der Waals surface area contributed by atoms with Gasteiger partial charge in [-0.05, 0) is 32.5 Å². The Labute approximate surface area is 150 Å². The third-order valence-corrected chi connectivity index (χ3v) is 5.14. The van der Waals surface area contributed by atoms with Crippen LogP contribution in [0.2, 0.25) is 0 Å². The molecule has 1 N–H and O–H groups in total. The molecule has 0 saturated carbocycles. The molecule has 0 bridgehead atoms. The first kappa shape index (κ1) is 19.6. The second-order valence-corrected chi connectivity index (χ2v) is 7.41. The van der Waals surface area contributed by atoms with Crippen LogP contribution in [0.15, 0.2) is 30.3 Å². The SMILES string of the molecule is CCC(C)(CC(=O)NC1C(=O)COC1CCN(C)C)c1ccccc1. The van der Waals surface area contributed by atoms with Gasteiger partial charge in [0, 0.05) is 18.4 Å². The number of amides is 1. The summed E-state index contributed by atoms with van der Waals surface area (Å²) in [6.45, 7) is 5.09. The quantitative estimate of drug-likeness (QED) is 0.784. The first-order valence-electron chi connectivity index (χ1n) is 8.99. The Hall–Kier alpha value is -1.72. The van der Waals surface area contributed by atoms with Crippen molar-refractivity contribution in [2.75, 3.05) is 27.2 Å². The molecule has 1 saturated heterocycles. The summed E-state index contributed by atoms with van der Waals surface area (Å²) in [6.07, 6.45) is 1.71. The Bertz CT molecular complexity index is 588. The third kappa shape index (κ3) is 5.13. The molecule has 3 unspecified atom stereocenters. The number of hydrogen-bond acceptors (Lipinski definition) is 4. The molecule has 5 heteroatoms. The van der Waals surface area contributed by atoms with Gasteiger partial charge in [0.05, 0.1) is 6.10 Å². The van der Waals surface area contributed by atoms with E-state index < -0.39 is 6.04 Å². The summed E-state index contributed by atoms with van der Waals surface area (Å²) in [6, 6.07) is 9.55. The maximum Gasteiger partial charge on any atom is 0.221 e. The van der Waals surface area contributed by atoms with E-state index >= 15 is 0 Å². The summed E-state index contributed by atoms with van der Waals surface area (Å²) >= 11 is 0. The Morgan fingerprint density at radius 2 is 2.00 bits per heavy atom. The topological polar surface area (TPSA) is 58.6 Å². The molecule has 138 valence electrons. The van der Waals surface area contributed by atoms with Gasteiger partial charge in [0.25, 0.3) is 0 Å². The number of nitrogens with one attached hydrogen (secondary N) is 1. The van der Waals surface area contributed by atoms with Crippen LogP contribution in [0.25, 0.3) is 0 Å². The van der Waals surface area contributed by atoms with Crippen LogP contribution in [-0.2, 0) is 19.7 Å². The van der Waals surface area contributed by atoms with Crippen molar-refractivity contribution in [3.8, 4) is 0 Å². The molecule has 1 fully saturated rings. The normalized spacial score (nSPS) is 22.8. The number of benzene rings is 1. The van der Waals surface area contributed by atoms with E-state index in [1.54, 1.807) is 0 Å². The summed E-state index contributed by atoms with van der Waals surface area (Å²) < 4.78 is 5.58. The minimum absolute atomic E-state index is 0.0324. The van der Waals surface area contributed by atoms with E-state index in [4.69, 9.17) is 4.74 Å². The number of carbonyl (C=O) groups excluding carboxylic acids is 2. The fourth-order valence-corrected chi connectivity index (χ4v) is 3.24. The monoisotopic (exact) mass is 346 g/mol. The predicted molar refractivity (Wildman–Crippen MR) is 98.6 cm³/mol. The third-order valence-electron chi connectivity index (χ3n) is 5.14. The number of carbonyl (C=O) groups is 2. The number of nitrogens with zero attached hydrogens (tertiary/aromatic N) is 1. The van der Waals surface area contributed by atoms with Crippen molar-refractivity contribution < 1.29 is 14.3 Å². The van der Waals surface area contributed by atoms with Gasteiger partial charge < -0.3 is 15.0 Å². The molecule has 1 heterocycles. The number of ether oxygens (including phenoxy) is 1. The molecule has 1 aliphatic heterocycles. The van der Waals surface area contributed by atoms with Crippen molar-refractivity contribution in [2.24, 2.45) is 0 Å². The lowest BCUT2D eigenvalue weighted by molar-refractivity contribution is -0.127. The first-order chi connectivity index (χ1) is 11.9. The summed E-state index contributed by atoms with van der Waals surface area (Å²) in [4.78, 5) is 26.8. The van der Waals surface area contributed by atoms with Gasteiger partial charge in [-0.2, -0.15) is 0 Å². The van der Waals surface area contributed by atoms with E-state index in [1.165, 1.54) is 0 Å². The van der Waals surface area contributed by atoms with Gasteiger partial charge in [0.1, 0.15) is 12.6 Å². The fourth-order valence-electron chi connectivity index (χ4n) is 3.24. The molecular formula is C20H30N2O3. The Balaban J connectivity index is 2.01. The van der Waals surface area contributed by atoms with Crippen LogP contribution in [0.5, 0.6) is 0 Å². The lowest BCUT2D eigenvalue weighted by Crippen LogP contribution is -2.47. The molecule has 25 heavy (non-hydrogen) atoms. The molecule has 1 aromatic carbocycles.